The summed E-state index contributed by atoms with van der Waals surface area (Å²) in [7, 11) is -4.42. The molecule has 0 aliphatic rings. The van der Waals surface area contributed by atoms with Crippen molar-refractivity contribution in [1.29, 1.82) is 0 Å². The van der Waals surface area contributed by atoms with Gasteiger partial charge in [-0.05, 0) is 30.3 Å². The summed E-state index contributed by atoms with van der Waals surface area (Å²) in [4.78, 5) is -0.253. The molecule has 0 saturated heterocycles. The zero-order valence-corrected chi connectivity index (χ0v) is 14.6. The highest BCUT2D eigenvalue weighted by atomic mass is 79.9. The molecule has 0 unspecified atom stereocenters. The average molecular weight is 406 g/mol. The lowest BCUT2D eigenvalue weighted by atomic mass is 10.1. The van der Waals surface area contributed by atoms with Crippen LogP contribution < -0.4 is 5.73 Å². The minimum Gasteiger partial charge on any atom is -0.396 e. The van der Waals surface area contributed by atoms with Gasteiger partial charge in [0.15, 0.2) is 0 Å². The summed E-state index contributed by atoms with van der Waals surface area (Å²) in [5.74, 6) is 0. The monoisotopic (exact) mass is 405 g/mol. The molecule has 0 aromatic heterocycles. The van der Waals surface area contributed by atoms with E-state index >= 15 is 0 Å². The van der Waals surface area contributed by atoms with Gasteiger partial charge in [-0.15, -0.1) is 5.11 Å². The largest absolute Gasteiger partial charge is 0.396 e. The fourth-order valence-electron chi connectivity index (χ4n) is 2.27. The molecule has 3 aromatic carbocycles. The van der Waals surface area contributed by atoms with Gasteiger partial charge in [-0.3, -0.25) is 4.55 Å². The molecule has 0 aliphatic heterocycles. The Hall–Kier alpha value is -2.29. The van der Waals surface area contributed by atoms with Crippen molar-refractivity contribution >= 4 is 53.9 Å². The first-order valence-corrected chi connectivity index (χ1v) is 9.05. The fourth-order valence-corrected chi connectivity index (χ4v) is 3.25. The van der Waals surface area contributed by atoms with Crippen molar-refractivity contribution in [3.63, 3.8) is 0 Å². The second kappa shape index (κ2) is 6.31. The van der Waals surface area contributed by atoms with Crippen LogP contribution in [0.3, 0.4) is 0 Å². The zero-order valence-electron chi connectivity index (χ0n) is 12.2. The minimum atomic E-state index is -4.42. The highest BCUT2D eigenvalue weighted by Crippen LogP contribution is 2.36. The smallest absolute Gasteiger partial charge is 0.295 e. The molecule has 0 aliphatic carbocycles. The molecule has 0 amide bonds. The second-order valence-electron chi connectivity index (χ2n) is 5.00. The molecular formula is C16H12BrN3O3S. The molecule has 0 bridgehead atoms. The maximum absolute atomic E-state index is 11.7. The minimum absolute atomic E-state index is 0.171. The van der Waals surface area contributed by atoms with Crippen LogP contribution >= 0.6 is 15.9 Å². The molecule has 24 heavy (non-hydrogen) atoms. The number of anilines is 1. The summed E-state index contributed by atoms with van der Waals surface area (Å²) in [5, 5.41) is 8.91. The van der Waals surface area contributed by atoms with E-state index in [4.69, 9.17) is 5.73 Å². The third-order valence-electron chi connectivity index (χ3n) is 3.40. The predicted molar refractivity (Wildman–Crippen MR) is 96.5 cm³/mol. The lowest BCUT2D eigenvalue weighted by Crippen LogP contribution is -2.01. The Morgan fingerprint density at radius 3 is 2.21 bits per heavy atom. The van der Waals surface area contributed by atoms with Gasteiger partial charge in [0.25, 0.3) is 10.1 Å². The van der Waals surface area contributed by atoms with Gasteiger partial charge in [0.2, 0.25) is 0 Å². The van der Waals surface area contributed by atoms with Crippen molar-refractivity contribution in [3.8, 4) is 0 Å². The first kappa shape index (κ1) is 16.6. The third-order valence-corrected chi connectivity index (χ3v) is 4.83. The Bertz CT molecular complexity index is 1050. The van der Waals surface area contributed by atoms with E-state index in [1.807, 2.05) is 12.1 Å². The molecule has 0 fully saturated rings. The van der Waals surface area contributed by atoms with Crippen LogP contribution in [0.2, 0.25) is 0 Å². The predicted octanol–water partition coefficient (Wildman–Crippen LogP) is 4.85. The van der Waals surface area contributed by atoms with Crippen molar-refractivity contribution in [1.82, 2.24) is 0 Å². The summed E-state index contributed by atoms with van der Waals surface area (Å²) in [5.41, 5.74) is 7.13. The number of hydrogen-bond donors (Lipinski definition) is 2. The molecule has 0 atom stereocenters. The lowest BCUT2D eigenvalue weighted by Gasteiger charge is -2.09. The summed E-state index contributed by atoms with van der Waals surface area (Å²) >= 11 is 3.32. The van der Waals surface area contributed by atoms with Crippen LogP contribution in [0.5, 0.6) is 0 Å². The van der Waals surface area contributed by atoms with Gasteiger partial charge in [-0.25, -0.2) is 0 Å². The summed E-state index contributed by atoms with van der Waals surface area (Å²) in [6.07, 6.45) is 0. The van der Waals surface area contributed by atoms with E-state index in [1.54, 1.807) is 36.4 Å². The lowest BCUT2D eigenvalue weighted by molar-refractivity contribution is 0.484. The van der Waals surface area contributed by atoms with Gasteiger partial charge >= 0.3 is 0 Å². The van der Waals surface area contributed by atoms with Gasteiger partial charge in [-0.2, -0.15) is 13.5 Å². The van der Waals surface area contributed by atoms with Crippen LogP contribution in [0.1, 0.15) is 0 Å². The van der Waals surface area contributed by atoms with Crippen LogP contribution in [0, 0.1) is 0 Å². The van der Waals surface area contributed by atoms with Crippen molar-refractivity contribution in [2.45, 2.75) is 4.90 Å². The average Bonchev–Trinajstić information content (AvgIpc) is 2.55. The third kappa shape index (κ3) is 3.30. The Kier molecular flexibility index (Phi) is 4.35. The van der Waals surface area contributed by atoms with Crippen molar-refractivity contribution in [2.75, 3.05) is 5.73 Å². The highest BCUT2D eigenvalue weighted by Gasteiger charge is 2.18. The van der Waals surface area contributed by atoms with Gasteiger partial charge in [0, 0.05) is 15.2 Å². The second-order valence-corrected chi connectivity index (χ2v) is 7.31. The normalized spacial score (nSPS) is 12.1. The quantitative estimate of drug-likeness (QED) is 0.369. The van der Waals surface area contributed by atoms with E-state index in [9.17, 15) is 13.0 Å². The highest BCUT2D eigenvalue weighted by molar-refractivity contribution is 9.10. The Balaban J connectivity index is 2.18. The maximum Gasteiger partial charge on any atom is 0.295 e. The van der Waals surface area contributed by atoms with Crippen LogP contribution in [-0.4, -0.2) is 13.0 Å². The standard InChI is InChI=1S/C16H12BrN3O3S/c17-10-5-7-11(8-6-10)19-20-14-9-15(24(21,22)23)12-3-1-2-4-13(12)16(14)18/h1-9H,18H2,(H,21,22,23). The van der Waals surface area contributed by atoms with Gasteiger partial charge in [-0.1, -0.05) is 40.2 Å². The van der Waals surface area contributed by atoms with Gasteiger partial charge < -0.3 is 5.73 Å². The molecule has 3 aromatic rings. The van der Waals surface area contributed by atoms with Crippen LogP contribution in [-0.2, 0) is 10.1 Å². The van der Waals surface area contributed by atoms with E-state index in [2.05, 4.69) is 26.2 Å². The Morgan fingerprint density at radius 1 is 0.958 bits per heavy atom. The number of nitrogens with two attached hydrogens (primary N) is 1. The first-order valence-electron chi connectivity index (χ1n) is 6.82. The SMILES string of the molecule is Nc1c(N=Nc2ccc(Br)cc2)cc(S(=O)(=O)O)c2ccccc12. The van der Waals surface area contributed by atoms with E-state index in [0.29, 0.717) is 22.1 Å². The number of nitrogen functional groups attached to an aromatic ring is 1. The number of halogens is 1. The zero-order chi connectivity index (χ0) is 17.3. The van der Waals surface area contributed by atoms with E-state index < -0.39 is 10.1 Å². The number of hydrogen-bond acceptors (Lipinski definition) is 5. The topological polar surface area (TPSA) is 105 Å². The molecule has 0 heterocycles. The summed E-state index contributed by atoms with van der Waals surface area (Å²) in [6, 6.07) is 15.0. The van der Waals surface area contributed by atoms with Crippen LogP contribution in [0.4, 0.5) is 17.1 Å². The van der Waals surface area contributed by atoms with E-state index in [1.165, 1.54) is 6.07 Å². The Labute approximate surface area is 146 Å². The molecule has 3 N–H and O–H groups in total. The Morgan fingerprint density at radius 2 is 1.58 bits per heavy atom. The molecule has 0 saturated carbocycles. The van der Waals surface area contributed by atoms with E-state index in [-0.39, 0.29) is 10.6 Å². The molecule has 0 radical (unpaired) electrons. The molecule has 122 valence electrons. The maximum atomic E-state index is 11.7. The van der Waals surface area contributed by atoms with Crippen LogP contribution in [0.15, 0.2) is 74.2 Å². The molecule has 3 rings (SSSR count). The number of azo groups is 1. The fraction of sp³-hybridized carbons (Fsp3) is 0. The molecular weight excluding hydrogens is 394 g/mol. The summed E-state index contributed by atoms with van der Waals surface area (Å²) < 4.78 is 33.7. The van der Waals surface area contributed by atoms with Crippen molar-refractivity contribution < 1.29 is 13.0 Å². The van der Waals surface area contributed by atoms with Crippen molar-refractivity contribution in [3.05, 3.63) is 59.1 Å². The number of fused-ring (bicyclic) bond motifs is 1. The van der Waals surface area contributed by atoms with Crippen LogP contribution in [0.25, 0.3) is 10.8 Å². The van der Waals surface area contributed by atoms with Gasteiger partial charge in [0.1, 0.15) is 10.6 Å². The van der Waals surface area contributed by atoms with E-state index in [0.717, 1.165) is 4.47 Å². The molecule has 6 nitrogen and oxygen atoms in total. The summed E-state index contributed by atoms with van der Waals surface area (Å²) in [6.45, 7) is 0. The first-order chi connectivity index (χ1) is 11.4. The number of rotatable bonds is 3. The molecule has 8 heteroatoms. The number of nitrogens with zero attached hydrogens (tertiary/aromatic N) is 2. The van der Waals surface area contributed by atoms with Gasteiger partial charge in [0.05, 0.1) is 11.4 Å². The van der Waals surface area contributed by atoms with Crippen molar-refractivity contribution in [2.24, 2.45) is 10.2 Å². The number of benzene rings is 3. The molecule has 0 spiro atoms.